The first-order valence-electron chi connectivity index (χ1n) is 14.5. The molecule has 1 aromatic heterocycles. The molecular weight excluding hydrogens is 528 g/mol. The van der Waals surface area contributed by atoms with Gasteiger partial charge in [-0.3, -0.25) is 9.59 Å². The SMILES string of the molecule is CC.O=C(Nc1ccccc1-c1cccc(C(F)F)c1)c1csc(C2CCN(C(=O)CCC3CCCC3)CC2)n1. The quantitative estimate of drug-likeness (QED) is 0.296. The van der Waals surface area contributed by atoms with Gasteiger partial charge in [-0.15, -0.1) is 11.3 Å². The Morgan fingerprint density at radius 1 is 1.02 bits per heavy atom. The minimum absolute atomic E-state index is 0.0608. The van der Waals surface area contributed by atoms with Crippen LogP contribution in [0.25, 0.3) is 11.1 Å². The number of likely N-dealkylation sites (tertiary alicyclic amines) is 1. The van der Waals surface area contributed by atoms with Crippen molar-refractivity contribution >= 4 is 28.8 Å². The van der Waals surface area contributed by atoms with Gasteiger partial charge in [-0.1, -0.05) is 75.9 Å². The molecule has 2 aromatic carbocycles. The third-order valence-electron chi connectivity index (χ3n) is 7.82. The number of hydrogen-bond donors (Lipinski definition) is 1. The lowest BCUT2D eigenvalue weighted by molar-refractivity contribution is -0.132. The number of halogens is 2. The molecule has 40 heavy (non-hydrogen) atoms. The molecule has 2 fully saturated rings. The van der Waals surface area contributed by atoms with Crippen LogP contribution in [0.15, 0.2) is 53.9 Å². The van der Waals surface area contributed by atoms with Gasteiger partial charge in [-0.05, 0) is 42.9 Å². The Morgan fingerprint density at radius 3 is 2.48 bits per heavy atom. The van der Waals surface area contributed by atoms with Crippen molar-refractivity contribution in [2.75, 3.05) is 18.4 Å². The second kappa shape index (κ2) is 14.5. The molecule has 0 atom stereocenters. The van der Waals surface area contributed by atoms with Gasteiger partial charge < -0.3 is 10.2 Å². The normalized spacial score (nSPS) is 16.1. The van der Waals surface area contributed by atoms with E-state index in [0.29, 0.717) is 28.9 Å². The average molecular weight is 568 g/mol. The van der Waals surface area contributed by atoms with Gasteiger partial charge in [0.15, 0.2) is 0 Å². The number of carbonyl (C=O) groups excluding carboxylic acids is 2. The van der Waals surface area contributed by atoms with E-state index in [9.17, 15) is 18.4 Å². The third kappa shape index (κ3) is 7.53. The number of aromatic nitrogens is 1. The molecule has 5 nitrogen and oxygen atoms in total. The summed E-state index contributed by atoms with van der Waals surface area (Å²) < 4.78 is 26.4. The highest BCUT2D eigenvalue weighted by Crippen LogP contribution is 2.34. The number of thiazole rings is 1. The second-order valence-corrected chi connectivity index (χ2v) is 11.2. The number of benzene rings is 2. The fourth-order valence-electron chi connectivity index (χ4n) is 5.61. The zero-order valence-corrected chi connectivity index (χ0v) is 24.2. The Kier molecular flexibility index (Phi) is 10.8. The van der Waals surface area contributed by atoms with Crippen molar-refractivity contribution in [3.63, 3.8) is 0 Å². The summed E-state index contributed by atoms with van der Waals surface area (Å²) in [5, 5.41) is 5.60. The lowest BCUT2D eigenvalue weighted by atomic mass is 9.96. The van der Waals surface area contributed by atoms with Crippen molar-refractivity contribution in [1.29, 1.82) is 0 Å². The molecule has 1 aliphatic carbocycles. The van der Waals surface area contributed by atoms with Crippen LogP contribution in [0.4, 0.5) is 14.5 Å². The molecule has 3 aromatic rings. The number of nitrogens with one attached hydrogen (secondary N) is 1. The maximum atomic E-state index is 13.2. The highest BCUT2D eigenvalue weighted by atomic mass is 32.1. The highest BCUT2D eigenvalue weighted by molar-refractivity contribution is 7.10. The molecule has 0 spiro atoms. The lowest BCUT2D eigenvalue weighted by Crippen LogP contribution is -2.38. The number of nitrogens with zero attached hydrogens (tertiary/aromatic N) is 2. The predicted molar refractivity (Wildman–Crippen MR) is 158 cm³/mol. The summed E-state index contributed by atoms with van der Waals surface area (Å²) in [6, 6.07) is 13.4. The first kappa shape index (κ1) is 29.8. The number of alkyl halides is 2. The van der Waals surface area contributed by atoms with Crippen molar-refractivity contribution in [2.24, 2.45) is 5.92 Å². The molecule has 1 saturated carbocycles. The summed E-state index contributed by atoms with van der Waals surface area (Å²) in [5.41, 5.74) is 2.11. The molecular formula is C32H39F2N3O2S. The minimum Gasteiger partial charge on any atom is -0.343 e. The molecule has 0 radical (unpaired) electrons. The van der Waals surface area contributed by atoms with E-state index in [1.54, 1.807) is 35.7 Å². The number of amides is 2. The third-order valence-corrected chi connectivity index (χ3v) is 8.82. The number of piperidine rings is 1. The van der Waals surface area contributed by atoms with Gasteiger partial charge in [0.2, 0.25) is 5.91 Å². The fourth-order valence-corrected chi connectivity index (χ4v) is 6.58. The van der Waals surface area contributed by atoms with Crippen molar-refractivity contribution in [1.82, 2.24) is 9.88 Å². The van der Waals surface area contributed by atoms with E-state index in [4.69, 9.17) is 0 Å². The van der Waals surface area contributed by atoms with E-state index in [2.05, 4.69) is 10.3 Å². The van der Waals surface area contributed by atoms with Gasteiger partial charge in [0.05, 0.1) is 5.01 Å². The van der Waals surface area contributed by atoms with Crippen LogP contribution in [-0.4, -0.2) is 34.8 Å². The van der Waals surface area contributed by atoms with E-state index < -0.39 is 6.43 Å². The summed E-state index contributed by atoms with van der Waals surface area (Å²) >= 11 is 1.48. The monoisotopic (exact) mass is 567 g/mol. The number of carbonyl (C=O) groups is 2. The summed E-state index contributed by atoms with van der Waals surface area (Å²) in [6.45, 7) is 5.47. The largest absolute Gasteiger partial charge is 0.343 e. The smallest absolute Gasteiger partial charge is 0.275 e. The summed E-state index contributed by atoms with van der Waals surface area (Å²) in [6.07, 6.45) is 5.97. The molecule has 2 aliphatic rings. The summed E-state index contributed by atoms with van der Waals surface area (Å²) in [4.78, 5) is 32.3. The number of rotatable bonds is 8. The molecule has 1 N–H and O–H groups in total. The van der Waals surface area contributed by atoms with Gasteiger partial charge in [-0.2, -0.15) is 0 Å². The Balaban J connectivity index is 0.00000181. The topological polar surface area (TPSA) is 62.3 Å². The van der Waals surface area contributed by atoms with Crippen LogP contribution in [0.5, 0.6) is 0 Å². The molecule has 1 saturated heterocycles. The van der Waals surface area contributed by atoms with Crippen LogP contribution in [-0.2, 0) is 4.79 Å². The second-order valence-electron chi connectivity index (χ2n) is 10.3. The standard InChI is InChI=1S/C30H33F2N3O2S.C2H6/c31-28(32)23-9-5-8-22(18-23)24-10-3-4-11-25(24)33-29(37)26-19-38-30(34-26)21-14-16-35(17-15-21)27(36)13-12-20-6-1-2-7-20;1-2/h3-5,8-11,18-21,28H,1-2,6-7,12-17H2,(H,33,37);1-2H3. The molecule has 0 bridgehead atoms. The van der Waals surface area contributed by atoms with Crippen molar-refractivity contribution < 1.29 is 18.4 Å². The average Bonchev–Trinajstić information content (AvgIpc) is 3.70. The Hall–Kier alpha value is -3.13. The fraction of sp³-hybridized carbons (Fsp3) is 0.469. The number of anilines is 1. The van der Waals surface area contributed by atoms with E-state index in [1.807, 2.05) is 24.8 Å². The predicted octanol–water partition coefficient (Wildman–Crippen LogP) is 8.70. The van der Waals surface area contributed by atoms with Crippen LogP contribution in [0.3, 0.4) is 0 Å². The highest BCUT2D eigenvalue weighted by Gasteiger charge is 2.27. The van der Waals surface area contributed by atoms with Crippen molar-refractivity contribution in [3.05, 3.63) is 70.2 Å². The minimum atomic E-state index is -2.56. The van der Waals surface area contributed by atoms with Gasteiger partial charge in [0.25, 0.3) is 12.3 Å². The Bertz CT molecular complexity index is 1260. The van der Waals surface area contributed by atoms with Crippen molar-refractivity contribution in [2.45, 2.75) is 77.6 Å². The van der Waals surface area contributed by atoms with Crippen LogP contribution >= 0.6 is 11.3 Å². The van der Waals surface area contributed by atoms with Crippen molar-refractivity contribution in [3.8, 4) is 11.1 Å². The lowest BCUT2D eigenvalue weighted by Gasteiger charge is -2.31. The first-order valence-corrected chi connectivity index (χ1v) is 15.4. The van der Waals surface area contributed by atoms with E-state index in [-0.39, 0.29) is 23.3 Å². The van der Waals surface area contributed by atoms with Crippen LogP contribution in [0.1, 0.15) is 98.6 Å². The van der Waals surface area contributed by atoms with Crippen LogP contribution < -0.4 is 5.32 Å². The zero-order chi connectivity index (χ0) is 28.5. The Labute approximate surface area is 240 Å². The van der Waals surface area contributed by atoms with E-state index in [1.165, 1.54) is 49.2 Å². The van der Waals surface area contributed by atoms with E-state index in [0.717, 1.165) is 43.3 Å². The number of para-hydroxylation sites is 1. The van der Waals surface area contributed by atoms with Crippen LogP contribution in [0, 0.1) is 5.92 Å². The molecule has 2 amide bonds. The van der Waals surface area contributed by atoms with Gasteiger partial charge in [0, 0.05) is 47.6 Å². The summed E-state index contributed by atoms with van der Waals surface area (Å²) in [5.74, 6) is 0.910. The first-order chi connectivity index (χ1) is 19.5. The van der Waals surface area contributed by atoms with Crippen LogP contribution in [0.2, 0.25) is 0 Å². The molecule has 214 valence electrons. The van der Waals surface area contributed by atoms with E-state index >= 15 is 0 Å². The molecule has 5 rings (SSSR count). The van der Waals surface area contributed by atoms with Gasteiger partial charge in [-0.25, -0.2) is 13.8 Å². The maximum Gasteiger partial charge on any atom is 0.275 e. The maximum absolute atomic E-state index is 13.2. The summed E-state index contributed by atoms with van der Waals surface area (Å²) in [7, 11) is 0. The molecule has 8 heteroatoms. The van der Waals surface area contributed by atoms with Gasteiger partial charge in [0.1, 0.15) is 5.69 Å². The van der Waals surface area contributed by atoms with Gasteiger partial charge >= 0.3 is 0 Å². The molecule has 1 aliphatic heterocycles. The Morgan fingerprint density at radius 2 is 1.75 bits per heavy atom. The molecule has 2 heterocycles. The number of hydrogen-bond acceptors (Lipinski definition) is 4. The zero-order valence-electron chi connectivity index (χ0n) is 23.4. The molecule has 0 unspecified atom stereocenters.